The summed E-state index contributed by atoms with van der Waals surface area (Å²) in [6, 6.07) is 13.2. The Hall–Kier alpha value is -1.88. The third-order valence-corrected chi connectivity index (χ3v) is 3.48. The number of carbonyl (C=O) groups is 1. The highest BCUT2D eigenvalue weighted by atomic mass is 35.5. The van der Waals surface area contributed by atoms with Gasteiger partial charge in [0.15, 0.2) is 17.7 Å². The minimum Gasteiger partial charge on any atom is -0.483 e. The third-order valence-electron chi connectivity index (χ3n) is 3.23. The number of hydrogen-bond donors (Lipinski definition) is 2. The average molecular weight is 321 g/mol. The summed E-state index contributed by atoms with van der Waals surface area (Å²) in [4.78, 5) is 12.3. The fraction of sp³-hybridized carbons (Fsp3) is 0.235. The van der Waals surface area contributed by atoms with Gasteiger partial charge in [0.25, 0.3) is 0 Å². The standard InChI is InChI=1S/C17H17ClO4/c1-17(2,16(20)21)22-14-9-5-12(6-10-14)15(19)11-3-7-13(18)8-4-11/h3-10,16,20-21H,1-2H3. The maximum Gasteiger partial charge on any atom is 0.193 e. The molecule has 0 unspecified atom stereocenters. The number of rotatable bonds is 5. The van der Waals surface area contributed by atoms with E-state index in [1.54, 1.807) is 62.4 Å². The van der Waals surface area contributed by atoms with Crippen LogP contribution in [0.1, 0.15) is 29.8 Å². The molecule has 0 saturated carbocycles. The van der Waals surface area contributed by atoms with Crippen molar-refractivity contribution in [2.24, 2.45) is 0 Å². The minimum absolute atomic E-state index is 0.121. The van der Waals surface area contributed by atoms with Crippen LogP contribution in [0.15, 0.2) is 48.5 Å². The van der Waals surface area contributed by atoms with Crippen LogP contribution in [0, 0.1) is 0 Å². The number of ketones is 1. The molecule has 0 aliphatic rings. The zero-order valence-electron chi connectivity index (χ0n) is 12.3. The summed E-state index contributed by atoms with van der Waals surface area (Å²) < 4.78 is 5.49. The van der Waals surface area contributed by atoms with E-state index in [-0.39, 0.29) is 5.78 Å². The van der Waals surface area contributed by atoms with Gasteiger partial charge in [-0.05, 0) is 62.4 Å². The summed E-state index contributed by atoms with van der Waals surface area (Å²) in [6.07, 6.45) is -1.61. The molecular formula is C17H17ClO4. The molecule has 2 aromatic rings. The molecule has 0 aromatic heterocycles. The highest BCUT2D eigenvalue weighted by Gasteiger charge is 2.28. The Kier molecular flexibility index (Phi) is 4.86. The second kappa shape index (κ2) is 6.48. The molecule has 2 rings (SSSR count). The molecule has 2 aromatic carbocycles. The van der Waals surface area contributed by atoms with Crippen LogP contribution < -0.4 is 4.74 Å². The lowest BCUT2D eigenvalue weighted by Crippen LogP contribution is -2.41. The average Bonchev–Trinajstić information content (AvgIpc) is 2.47. The van der Waals surface area contributed by atoms with Crippen molar-refractivity contribution in [1.82, 2.24) is 0 Å². The van der Waals surface area contributed by atoms with Crippen molar-refractivity contribution in [3.05, 3.63) is 64.7 Å². The SMILES string of the molecule is CC(C)(Oc1ccc(C(=O)c2ccc(Cl)cc2)cc1)C(O)O. The quantitative estimate of drug-likeness (QED) is 0.656. The molecule has 0 saturated heterocycles. The van der Waals surface area contributed by atoms with Crippen molar-refractivity contribution in [3.8, 4) is 5.75 Å². The first kappa shape index (κ1) is 16.5. The van der Waals surface area contributed by atoms with E-state index in [0.717, 1.165) is 0 Å². The van der Waals surface area contributed by atoms with Crippen LogP contribution in [0.4, 0.5) is 0 Å². The largest absolute Gasteiger partial charge is 0.483 e. The molecule has 116 valence electrons. The molecule has 0 amide bonds. The van der Waals surface area contributed by atoms with Gasteiger partial charge in [-0.1, -0.05) is 11.6 Å². The maximum absolute atomic E-state index is 12.3. The number of halogens is 1. The van der Waals surface area contributed by atoms with Crippen LogP contribution >= 0.6 is 11.6 Å². The first-order chi connectivity index (χ1) is 10.3. The molecule has 22 heavy (non-hydrogen) atoms. The minimum atomic E-state index is -1.61. The Balaban J connectivity index is 2.15. The fourth-order valence-corrected chi connectivity index (χ4v) is 1.92. The Morgan fingerprint density at radius 3 is 1.91 bits per heavy atom. The van der Waals surface area contributed by atoms with Gasteiger partial charge >= 0.3 is 0 Å². The van der Waals surface area contributed by atoms with Crippen LogP contribution in [0.2, 0.25) is 5.02 Å². The van der Waals surface area contributed by atoms with Crippen molar-refractivity contribution in [2.45, 2.75) is 25.7 Å². The molecule has 0 atom stereocenters. The molecule has 0 aliphatic carbocycles. The molecule has 0 bridgehead atoms. The molecular weight excluding hydrogens is 304 g/mol. The van der Waals surface area contributed by atoms with E-state index in [1.165, 1.54) is 0 Å². The summed E-state index contributed by atoms with van der Waals surface area (Å²) in [5, 5.41) is 19.0. The molecule has 0 aliphatic heterocycles. The highest BCUT2D eigenvalue weighted by Crippen LogP contribution is 2.22. The van der Waals surface area contributed by atoms with Gasteiger partial charge in [0.1, 0.15) is 5.75 Å². The van der Waals surface area contributed by atoms with Crippen LogP contribution in [-0.4, -0.2) is 27.9 Å². The zero-order chi connectivity index (χ0) is 16.3. The van der Waals surface area contributed by atoms with E-state index < -0.39 is 11.9 Å². The smallest absolute Gasteiger partial charge is 0.193 e. The first-order valence-corrected chi connectivity index (χ1v) is 7.13. The van der Waals surface area contributed by atoms with Crippen molar-refractivity contribution in [1.29, 1.82) is 0 Å². The van der Waals surface area contributed by atoms with Crippen LogP contribution in [0.5, 0.6) is 5.75 Å². The van der Waals surface area contributed by atoms with E-state index in [4.69, 9.17) is 16.3 Å². The van der Waals surface area contributed by atoms with Gasteiger partial charge in [0.05, 0.1) is 0 Å². The third kappa shape index (κ3) is 3.85. The summed E-state index contributed by atoms with van der Waals surface area (Å²) >= 11 is 5.80. The van der Waals surface area contributed by atoms with Crippen molar-refractivity contribution in [3.63, 3.8) is 0 Å². The van der Waals surface area contributed by atoms with Gasteiger partial charge in [-0.3, -0.25) is 4.79 Å². The van der Waals surface area contributed by atoms with Crippen molar-refractivity contribution < 1.29 is 19.7 Å². The Labute approximate surface area is 133 Å². The lowest BCUT2D eigenvalue weighted by atomic mass is 10.0. The van der Waals surface area contributed by atoms with Gasteiger partial charge in [-0.15, -0.1) is 0 Å². The number of hydrogen-bond acceptors (Lipinski definition) is 4. The number of carbonyl (C=O) groups excluding carboxylic acids is 1. The molecule has 4 nitrogen and oxygen atoms in total. The van der Waals surface area contributed by atoms with Gasteiger partial charge < -0.3 is 14.9 Å². The van der Waals surface area contributed by atoms with Crippen LogP contribution in [0.3, 0.4) is 0 Å². The predicted molar refractivity (Wildman–Crippen MR) is 84.3 cm³/mol. The number of ether oxygens (including phenoxy) is 1. The van der Waals surface area contributed by atoms with Gasteiger partial charge in [-0.2, -0.15) is 0 Å². The van der Waals surface area contributed by atoms with Gasteiger partial charge in [0, 0.05) is 16.1 Å². The summed E-state index contributed by atoms with van der Waals surface area (Å²) in [5.41, 5.74) is -0.0805. The molecule has 0 heterocycles. The number of aliphatic hydroxyl groups excluding tert-OH is 1. The van der Waals surface area contributed by atoms with Crippen LogP contribution in [-0.2, 0) is 0 Å². The number of aliphatic hydroxyl groups is 2. The predicted octanol–water partition coefficient (Wildman–Crippen LogP) is 3.04. The molecule has 0 radical (unpaired) electrons. The molecule has 2 N–H and O–H groups in total. The van der Waals surface area contributed by atoms with E-state index in [0.29, 0.717) is 21.9 Å². The van der Waals surface area contributed by atoms with Crippen LogP contribution in [0.25, 0.3) is 0 Å². The lowest BCUT2D eigenvalue weighted by molar-refractivity contribution is -0.154. The van der Waals surface area contributed by atoms with E-state index >= 15 is 0 Å². The Morgan fingerprint density at radius 2 is 1.45 bits per heavy atom. The van der Waals surface area contributed by atoms with Crippen molar-refractivity contribution >= 4 is 17.4 Å². The number of benzene rings is 2. The van der Waals surface area contributed by atoms with Gasteiger partial charge in [0.2, 0.25) is 0 Å². The van der Waals surface area contributed by atoms with E-state index in [2.05, 4.69) is 0 Å². The monoisotopic (exact) mass is 320 g/mol. The Morgan fingerprint density at radius 1 is 1.00 bits per heavy atom. The van der Waals surface area contributed by atoms with Gasteiger partial charge in [-0.25, -0.2) is 0 Å². The second-order valence-electron chi connectivity index (χ2n) is 5.44. The zero-order valence-corrected chi connectivity index (χ0v) is 13.0. The topological polar surface area (TPSA) is 66.8 Å². The molecule has 0 spiro atoms. The molecule has 5 heteroatoms. The maximum atomic E-state index is 12.3. The summed E-state index contributed by atoms with van der Waals surface area (Å²) in [5.74, 6) is 0.329. The van der Waals surface area contributed by atoms with Crippen molar-refractivity contribution in [2.75, 3.05) is 0 Å². The van der Waals surface area contributed by atoms with E-state index in [9.17, 15) is 15.0 Å². The first-order valence-electron chi connectivity index (χ1n) is 6.75. The molecule has 0 fully saturated rings. The fourth-order valence-electron chi connectivity index (χ4n) is 1.80. The lowest BCUT2D eigenvalue weighted by Gasteiger charge is -2.28. The van der Waals surface area contributed by atoms with E-state index in [1.807, 2.05) is 0 Å². The second-order valence-corrected chi connectivity index (χ2v) is 5.88. The normalized spacial score (nSPS) is 11.5. The summed E-state index contributed by atoms with van der Waals surface area (Å²) in [7, 11) is 0. The highest BCUT2D eigenvalue weighted by molar-refractivity contribution is 6.30. The summed E-state index contributed by atoms with van der Waals surface area (Å²) in [6.45, 7) is 3.12. The Bertz CT molecular complexity index is 645.